The Labute approximate surface area is 123 Å². The summed E-state index contributed by atoms with van der Waals surface area (Å²) in [6, 6.07) is 8.04. The quantitative estimate of drug-likeness (QED) is 0.725. The second kappa shape index (κ2) is 5.17. The van der Waals surface area contributed by atoms with Gasteiger partial charge in [0.2, 0.25) is 0 Å². The van der Waals surface area contributed by atoms with Gasteiger partial charge in [-0.3, -0.25) is 0 Å². The van der Waals surface area contributed by atoms with E-state index in [9.17, 15) is 0 Å². The fourth-order valence-electron chi connectivity index (χ4n) is 1.78. The van der Waals surface area contributed by atoms with Gasteiger partial charge in [0.25, 0.3) is 0 Å². The number of nitrogens with one attached hydrogen (secondary N) is 1. The van der Waals surface area contributed by atoms with E-state index in [2.05, 4.69) is 22.4 Å². The predicted octanol–water partition coefficient (Wildman–Crippen LogP) is 4.49. The van der Waals surface area contributed by atoms with Crippen molar-refractivity contribution in [2.75, 3.05) is 5.32 Å². The molecule has 0 aliphatic rings. The number of hydrogen-bond donors (Lipinski definition) is 1. The molecule has 0 spiro atoms. The first-order chi connectivity index (χ1) is 9.28. The van der Waals surface area contributed by atoms with E-state index in [1.165, 1.54) is 16.2 Å². The van der Waals surface area contributed by atoms with E-state index in [-0.39, 0.29) is 0 Å². The van der Waals surface area contributed by atoms with Crippen LogP contribution in [0.25, 0.3) is 10.2 Å². The van der Waals surface area contributed by atoms with Crippen LogP contribution in [0.15, 0.2) is 29.0 Å². The molecule has 0 atom stereocenters. The van der Waals surface area contributed by atoms with Crippen LogP contribution in [0.1, 0.15) is 10.4 Å². The van der Waals surface area contributed by atoms with Crippen molar-refractivity contribution in [3.63, 3.8) is 0 Å². The van der Waals surface area contributed by atoms with Crippen molar-refractivity contribution < 1.29 is 0 Å². The summed E-state index contributed by atoms with van der Waals surface area (Å²) in [6.45, 7) is 0.743. The molecular formula is C13H8ClN3S2. The van der Waals surface area contributed by atoms with Gasteiger partial charge in [-0.05, 0) is 11.4 Å². The number of nitrogens with zero attached hydrogens (tertiary/aromatic N) is 2. The summed E-state index contributed by atoms with van der Waals surface area (Å²) in [5.41, 5.74) is 2.17. The maximum Gasteiger partial charge on any atom is 0.131 e. The van der Waals surface area contributed by atoms with Gasteiger partial charge in [-0.1, -0.05) is 17.7 Å². The highest BCUT2D eigenvalue weighted by molar-refractivity contribution is 7.18. The van der Waals surface area contributed by atoms with Gasteiger partial charge in [0.1, 0.15) is 16.7 Å². The Kier molecular flexibility index (Phi) is 3.38. The number of anilines is 1. The van der Waals surface area contributed by atoms with Crippen molar-refractivity contribution in [1.29, 1.82) is 5.26 Å². The summed E-state index contributed by atoms with van der Waals surface area (Å²) in [5, 5.41) is 16.7. The third kappa shape index (κ3) is 2.43. The van der Waals surface area contributed by atoms with Crippen molar-refractivity contribution in [2.24, 2.45) is 0 Å². The van der Waals surface area contributed by atoms with Gasteiger partial charge in [0, 0.05) is 22.9 Å². The van der Waals surface area contributed by atoms with Gasteiger partial charge in [-0.2, -0.15) is 5.26 Å². The molecule has 6 heteroatoms. The third-order valence-corrected chi connectivity index (χ3v) is 4.72. The lowest BCUT2D eigenvalue weighted by atomic mass is 10.2. The average Bonchev–Trinajstić information content (AvgIpc) is 3.04. The van der Waals surface area contributed by atoms with Gasteiger partial charge in [0.15, 0.2) is 0 Å². The Balaban J connectivity index is 1.99. The molecule has 0 unspecified atom stereocenters. The summed E-state index contributed by atoms with van der Waals surface area (Å²) in [6.07, 6.45) is 0. The third-order valence-electron chi connectivity index (χ3n) is 2.65. The molecule has 0 amide bonds. The summed E-state index contributed by atoms with van der Waals surface area (Å²) >= 11 is 9.23. The molecule has 0 bridgehead atoms. The van der Waals surface area contributed by atoms with Crippen LogP contribution in [0.2, 0.25) is 5.15 Å². The number of halogens is 1. The molecule has 0 aromatic carbocycles. The Hall–Kier alpha value is -1.61. The van der Waals surface area contributed by atoms with Gasteiger partial charge in [0.05, 0.1) is 16.0 Å². The minimum atomic E-state index is 0.399. The Morgan fingerprint density at radius 3 is 3.05 bits per heavy atom. The summed E-state index contributed by atoms with van der Waals surface area (Å²) < 4.78 is 0.970. The SMILES string of the molecule is N#Cc1csc2c(NCc3cccs3)cc(Cl)nc12. The van der Waals surface area contributed by atoms with Crippen LogP contribution in [-0.2, 0) is 6.54 Å². The normalized spacial score (nSPS) is 10.5. The lowest BCUT2D eigenvalue weighted by Crippen LogP contribution is -1.98. The molecule has 1 N–H and O–H groups in total. The molecule has 0 saturated carbocycles. The van der Waals surface area contributed by atoms with E-state index >= 15 is 0 Å². The van der Waals surface area contributed by atoms with Crippen molar-refractivity contribution in [2.45, 2.75) is 6.54 Å². The first kappa shape index (κ1) is 12.4. The molecule has 3 nitrogen and oxygen atoms in total. The topological polar surface area (TPSA) is 48.7 Å². The van der Waals surface area contributed by atoms with E-state index in [4.69, 9.17) is 16.9 Å². The molecule has 0 fully saturated rings. The number of thiophene rings is 2. The molecule has 3 heterocycles. The van der Waals surface area contributed by atoms with E-state index in [1.807, 2.05) is 16.8 Å². The van der Waals surface area contributed by atoms with Crippen LogP contribution in [-0.4, -0.2) is 4.98 Å². The molecule has 3 rings (SSSR count). The first-order valence-electron chi connectivity index (χ1n) is 5.52. The minimum Gasteiger partial charge on any atom is -0.379 e. The Bertz CT molecular complexity index is 756. The lowest BCUT2D eigenvalue weighted by molar-refractivity contribution is 1.20. The monoisotopic (exact) mass is 305 g/mol. The minimum absolute atomic E-state index is 0.399. The zero-order valence-corrected chi connectivity index (χ0v) is 12.1. The highest BCUT2D eigenvalue weighted by atomic mass is 35.5. The Morgan fingerprint density at radius 2 is 2.32 bits per heavy atom. The van der Waals surface area contributed by atoms with Crippen LogP contribution in [0.5, 0.6) is 0 Å². The van der Waals surface area contributed by atoms with E-state index in [1.54, 1.807) is 17.4 Å². The van der Waals surface area contributed by atoms with Gasteiger partial charge >= 0.3 is 0 Å². The predicted molar refractivity (Wildman–Crippen MR) is 81.0 cm³/mol. The van der Waals surface area contributed by atoms with Crippen LogP contribution in [0.3, 0.4) is 0 Å². The summed E-state index contributed by atoms with van der Waals surface area (Å²) in [7, 11) is 0. The van der Waals surface area contributed by atoms with Crippen LogP contribution in [0, 0.1) is 11.3 Å². The number of hydrogen-bond acceptors (Lipinski definition) is 5. The van der Waals surface area contributed by atoms with Gasteiger partial charge < -0.3 is 5.32 Å². The molecular weight excluding hydrogens is 298 g/mol. The second-order valence-electron chi connectivity index (χ2n) is 3.86. The number of pyridine rings is 1. The lowest BCUT2D eigenvalue weighted by Gasteiger charge is -2.06. The van der Waals surface area contributed by atoms with Gasteiger partial charge in [-0.25, -0.2) is 4.98 Å². The van der Waals surface area contributed by atoms with Crippen molar-refractivity contribution in [3.05, 3.63) is 44.6 Å². The molecule has 94 valence electrons. The molecule has 0 radical (unpaired) electrons. The number of aromatic nitrogens is 1. The molecule has 3 aromatic rings. The summed E-state index contributed by atoms with van der Waals surface area (Å²) in [4.78, 5) is 5.48. The molecule has 19 heavy (non-hydrogen) atoms. The Morgan fingerprint density at radius 1 is 1.42 bits per heavy atom. The molecule has 0 saturated heterocycles. The maximum atomic E-state index is 9.04. The van der Waals surface area contributed by atoms with Crippen molar-refractivity contribution in [3.8, 4) is 6.07 Å². The number of fused-ring (bicyclic) bond motifs is 1. The van der Waals surface area contributed by atoms with Gasteiger partial charge in [-0.15, -0.1) is 22.7 Å². The highest BCUT2D eigenvalue weighted by Crippen LogP contribution is 2.33. The van der Waals surface area contributed by atoms with Crippen LogP contribution >= 0.6 is 34.3 Å². The zero-order chi connectivity index (χ0) is 13.2. The smallest absolute Gasteiger partial charge is 0.131 e. The van der Waals surface area contributed by atoms with Crippen molar-refractivity contribution in [1.82, 2.24) is 4.98 Å². The fraction of sp³-hybridized carbons (Fsp3) is 0.0769. The summed E-state index contributed by atoms with van der Waals surface area (Å²) in [5.74, 6) is 0. The molecule has 0 aliphatic carbocycles. The van der Waals surface area contributed by atoms with E-state index < -0.39 is 0 Å². The van der Waals surface area contributed by atoms with E-state index in [0.29, 0.717) is 16.2 Å². The largest absolute Gasteiger partial charge is 0.379 e. The highest BCUT2D eigenvalue weighted by Gasteiger charge is 2.11. The molecule has 0 aliphatic heterocycles. The zero-order valence-electron chi connectivity index (χ0n) is 9.68. The number of rotatable bonds is 3. The fourth-order valence-corrected chi connectivity index (χ4v) is 3.55. The first-order valence-corrected chi connectivity index (χ1v) is 7.66. The van der Waals surface area contributed by atoms with E-state index in [0.717, 1.165) is 16.9 Å². The second-order valence-corrected chi connectivity index (χ2v) is 6.16. The standard InChI is InChI=1S/C13H8ClN3S2/c14-11-4-10(16-6-9-2-1-3-18-9)13-12(17-11)8(5-15)7-19-13/h1-4,7H,6H2,(H,16,17). The average molecular weight is 306 g/mol. The maximum absolute atomic E-state index is 9.04. The molecule has 3 aromatic heterocycles. The van der Waals surface area contributed by atoms with Crippen molar-refractivity contribution >= 4 is 50.2 Å². The number of nitriles is 1. The van der Waals surface area contributed by atoms with Crippen LogP contribution in [0.4, 0.5) is 5.69 Å². The van der Waals surface area contributed by atoms with Crippen LogP contribution < -0.4 is 5.32 Å².